The number of carboxylic acids is 1. The molecule has 110 valence electrons. The molecule has 1 heterocycles. The number of carboxylic acid groups (broad SMARTS) is 1. The Balaban J connectivity index is 2.62. The van der Waals surface area contributed by atoms with Crippen molar-refractivity contribution in [1.29, 1.82) is 0 Å². The van der Waals surface area contributed by atoms with Gasteiger partial charge in [-0.05, 0) is 19.1 Å². The topological polar surface area (TPSA) is 88.5 Å². The summed E-state index contributed by atoms with van der Waals surface area (Å²) in [5, 5.41) is 10.5. The first-order valence-corrected chi connectivity index (χ1v) is 5.36. The molecule has 0 saturated carbocycles. The number of rotatable bonds is 5. The first kappa shape index (κ1) is 15.7. The van der Waals surface area contributed by atoms with Crippen LogP contribution in [0.15, 0.2) is 12.1 Å². The summed E-state index contributed by atoms with van der Waals surface area (Å²) in [6, 6.07) is 2.73. The molecule has 0 aromatic carbocycles. The number of amides is 1. The second-order valence-electron chi connectivity index (χ2n) is 3.79. The van der Waals surface area contributed by atoms with Crippen molar-refractivity contribution in [2.24, 2.45) is 0 Å². The number of nitrogens with zero attached hydrogens (tertiary/aromatic N) is 1. The van der Waals surface area contributed by atoms with Crippen LogP contribution in [-0.2, 0) is 4.79 Å². The van der Waals surface area contributed by atoms with Crippen LogP contribution in [0.3, 0.4) is 0 Å². The molecule has 1 rings (SSSR count). The number of pyridine rings is 1. The third-order valence-corrected chi connectivity index (χ3v) is 2.04. The molecular formula is C11H11F3N2O4. The first-order valence-electron chi connectivity index (χ1n) is 5.36. The maximum absolute atomic E-state index is 11.9. The molecule has 6 nitrogen and oxygen atoms in total. The largest absolute Gasteiger partial charge is 0.481 e. The Morgan fingerprint density at radius 3 is 2.60 bits per heavy atom. The Bertz CT molecular complexity index is 517. The highest BCUT2D eigenvalue weighted by molar-refractivity contribution is 5.88. The van der Waals surface area contributed by atoms with Crippen LogP contribution in [0.25, 0.3) is 0 Å². The van der Waals surface area contributed by atoms with Gasteiger partial charge < -0.3 is 15.2 Å². The zero-order valence-electron chi connectivity index (χ0n) is 10.3. The minimum Gasteiger partial charge on any atom is -0.481 e. The fraction of sp³-hybridized carbons (Fsp3) is 0.364. The van der Waals surface area contributed by atoms with E-state index >= 15 is 0 Å². The van der Waals surface area contributed by atoms with E-state index < -0.39 is 36.9 Å². The van der Waals surface area contributed by atoms with Crippen molar-refractivity contribution in [3.63, 3.8) is 0 Å². The van der Waals surface area contributed by atoms with Crippen LogP contribution in [0.4, 0.5) is 13.2 Å². The number of carbonyl (C=O) groups is 2. The van der Waals surface area contributed by atoms with Gasteiger partial charge in [0.2, 0.25) is 0 Å². The Labute approximate surface area is 111 Å². The number of alkyl halides is 3. The number of aryl methyl sites for hydroxylation is 1. The van der Waals surface area contributed by atoms with Gasteiger partial charge in [0.25, 0.3) is 5.91 Å². The third kappa shape index (κ3) is 5.12. The van der Waals surface area contributed by atoms with Gasteiger partial charge in [-0.2, -0.15) is 13.2 Å². The van der Waals surface area contributed by atoms with Crippen LogP contribution < -0.4 is 10.1 Å². The smallest absolute Gasteiger partial charge is 0.405 e. The lowest BCUT2D eigenvalue weighted by molar-refractivity contribution is -0.139. The SMILES string of the molecule is Cc1ccc(OCC(=O)NCC(F)(F)F)c(C(=O)O)n1. The maximum Gasteiger partial charge on any atom is 0.405 e. The maximum atomic E-state index is 11.9. The molecule has 0 saturated heterocycles. The van der Waals surface area contributed by atoms with E-state index in [4.69, 9.17) is 9.84 Å². The van der Waals surface area contributed by atoms with E-state index in [0.717, 1.165) is 0 Å². The fourth-order valence-corrected chi connectivity index (χ4v) is 1.21. The second kappa shape index (κ2) is 6.22. The van der Waals surface area contributed by atoms with Gasteiger partial charge in [-0.25, -0.2) is 9.78 Å². The molecular weight excluding hydrogens is 281 g/mol. The molecule has 2 N–H and O–H groups in total. The quantitative estimate of drug-likeness (QED) is 0.849. The predicted octanol–water partition coefficient (Wildman–Crippen LogP) is 1.15. The summed E-state index contributed by atoms with van der Waals surface area (Å²) in [7, 11) is 0. The monoisotopic (exact) mass is 292 g/mol. The van der Waals surface area contributed by atoms with E-state index in [1.165, 1.54) is 12.1 Å². The van der Waals surface area contributed by atoms with Gasteiger partial charge in [0.05, 0.1) is 0 Å². The van der Waals surface area contributed by atoms with Crippen molar-refractivity contribution in [3.05, 3.63) is 23.5 Å². The normalized spacial score (nSPS) is 11.0. The standard InChI is InChI=1S/C11H11F3N2O4/c1-6-2-3-7(9(16-6)10(18)19)20-4-8(17)15-5-11(12,13)14/h2-3H,4-5H2,1H3,(H,15,17)(H,18,19). The van der Waals surface area contributed by atoms with Gasteiger partial charge in [0.1, 0.15) is 6.54 Å². The van der Waals surface area contributed by atoms with Gasteiger partial charge >= 0.3 is 12.1 Å². The van der Waals surface area contributed by atoms with E-state index in [1.807, 2.05) is 0 Å². The molecule has 0 radical (unpaired) electrons. The van der Waals surface area contributed by atoms with Crippen LogP contribution >= 0.6 is 0 Å². The van der Waals surface area contributed by atoms with Gasteiger partial charge in [-0.3, -0.25) is 4.79 Å². The molecule has 0 aliphatic rings. The van der Waals surface area contributed by atoms with Crippen LogP contribution in [-0.4, -0.2) is 41.3 Å². The van der Waals surface area contributed by atoms with Crippen LogP contribution in [0.5, 0.6) is 5.75 Å². The summed E-state index contributed by atoms with van der Waals surface area (Å²) in [6.45, 7) is -0.652. The Kier molecular flexibility index (Phi) is 4.89. The number of aromatic carboxylic acids is 1. The van der Waals surface area contributed by atoms with Crippen molar-refractivity contribution in [1.82, 2.24) is 10.3 Å². The molecule has 1 amide bonds. The van der Waals surface area contributed by atoms with Crippen molar-refractivity contribution < 1.29 is 32.6 Å². The summed E-state index contributed by atoms with van der Waals surface area (Å²) in [5.74, 6) is -2.57. The number of hydrogen-bond donors (Lipinski definition) is 2. The molecule has 9 heteroatoms. The number of ether oxygens (including phenoxy) is 1. The van der Waals surface area contributed by atoms with E-state index in [1.54, 1.807) is 12.2 Å². The average Bonchev–Trinajstić information content (AvgIpc) is 2.33. The van der Waals surface area contributed by atoms with Crippen LogP contribution in [0.1, 0.15) is 16.2 Å². The van der Waals surface area contributed by atoms with Crippen molar-refractivity contribution >= 4 is 11.9 Å². The highest BCUT2D eigenvalue weighted by Crippen LogP contribution is 2.17. The van der Waals surface area contributed by atoms with Crippen molar-refractivity contribution in [2.75, 3.05) is 13.2 Å². The molecule has 1 aromatic rings. The summed E-state index contributed by atoms with van der Waals surface area (Å²) >= 11 is 0. The molecule has 0 unspecified atom stereocenters. The number of carbonyl (C=O) groups excluding carboxylic acids is 1. The Hall–Kier alpha value is -2.32. The van der Waals surface area contributed by atoms with Crippen LogP contribution in [0, 0.1) is 6.92 Å². The molecule has 20 heavy (non-hydrogen) atoms. The van der Waals surface area contributed by atoms with Crippen molar-refractivity contribution in [3.8, 4) is 5.75 Å². The molecule has 0 fully saturated rings. The highest BCUT2D eigenvalue weighted by atomic mass is 19.4. The van der Waals surface area contributed by atoms with E-state index in [0.29, 0.717) is 5.69 Å². The highest BCUT2D eigenvalue weighted by Gasteiger charge is 2.27. The zero-order chi connectivity index (χ0) is 15.3. The van der Waals surface area contributed by atoms with Gasteiger partial charge in [-0.15, -0.1) is 0 Å². The van der Waals surface area contributed by atoms with Crippen molar-refractivity contribution in [2.45, 2.75) is 13.1 Å². The van der Waals surface area contributed by atoms with Gasteiger partial charge in [-0.1, -0.05) is 0 Å². The zero-order valence-corrected chi connectivity index (χ0v) is 10.3. The summed E-state index contributed by atoms with van der Waals surface area (Å²) in [5.41, 5.74) is 0.0184. The first-order chi connectivity index (χ1) is 9.19. The average molecular weight is 292 g/mol. The molecule has 0 aliphatic heterocycles. The number of halogens is 3. The number of hydrogen-bond acceptors (Lipinski definition) is 4. The Morgan fingerprint density at radius 1 is 1.40 bits per heavy atom. The summed E-state index contributed by atoms with van der Waals surface area (Å²) < 4.78 is 40.4. The predicted molar refractivity (Wildman–Crippen MR) is 60.5 cm³/mol. The number of nitrogens with one attached hydrogen (secondary N) is 1. The lowest BCUT2D eigenvalue weighted by Gasteiger charge is -2.10. The molecule has 0 aliphatic carbocycles. The lowest BCUT2D eigenvalue weighted by Crippen LogP contribution is -2.36. The van der Waals surface area contributed by atoms with Gasteiger partial charge in [0, 0.05) is 5.69 Å². The molecule has 0 spiro atoms. The fourth-order valence-electron chi connectivity index (χ4n) is 1.21. The van der Waals surface area contributed by atoms with E-state index in [-0.39, 0.29) is 5.75 Å². The second-order valence-corrected chi connectivity index (χ2v) is 3.79. The summed E-state index contributed by atoms with van der Waals surface area (Å²) in [4.78, 5) is 25.7. The van der Waals surface area contributed by atoms with E-state index in [9.17, 15) is 22.8 Å². The van der Waals surface area contributed by atoms with Gasteiger partial charge in [0.15, 0.2) is 18.1 Å². The third-order valence-electron chi connectivity index (χ3n) is 2.04. The number of aromatic nitrogens is 1. The molecule has 1 aromatic heterocycles. The summed E-state index contributed by atoms with van der Waals surface area (Å²) in [6.07, 6.45) is -4.52. The minimum absolute atomic E-state index is 0.190. The Morgan fingerprint density at radius 2 is 2.05 bits per heavy atom. The molecule has 0 bridgehead atoms. The van der Waals surface area contributed by atoms with Crippen LogP contribution in [0.2, 0.25) is 0 Å². The lowest BCUT2D eigenvalue weighted by atomic mass is 10.3. The minimum atomic E-state index is -4.52. The van der Waals surface area contributed by atoms with E-state index in [2.05, 4.69) is 4.98 Å². The molecule has 0 atom stereocenters.